The topological polar surface area (TPSA) is 69.7 Å². The van der Waals surface area contributed by atoms with Crippen LogP contribution in [-0.4, -0.2) is 32.2 Å². The molecule has 5 aromatic rings. The minimum atomic E-state index is -0.271. The molecule has 5 rings (SSSR count). The van der Waals surface area contributed by atoms with Crippen molar-refractivity contribution in [2.75, 3.05) is 26.6 Å². The average molecular weight is 537 g/mol. The summed E-state index contributed by atoms with van der Waals surface area (Å²) in [4.78, 5) is 18.4. The molecule has 0 aliphatic carbocycles. The Balaban J connectivity index is 1.56. The maximum atomic E-state index is 13.7. The average Bonchev–Trinajstić information content (AvgIpc) is 3.37. The number of aromatic nitrogens is 1. The van der Waals surface area contributed by atoms with E-state index in [1.165, 1.54) is 11.3 Å². The van der Waals surface area contributed by atoms with Crippen LogP contribution >= 0.6 is 11.3 Å². The number of anilines is 1. The molecule has 1 aromatic heterocycles. The summed E-state index contributed by atoms with van der Waals surface area (Å²) in [7, 11) is 4.69. The van der Waals surface area contributed by atoms with E-state index in [0.717, 1.165) is 38.0 Å². The molecule has 4 aromatic carbocycles. The van der Waals surface area contributed by atoms with E-state index in [2.05, 4.69) is 28.5 Å². The van der Waals surface area contributed by atoms with E-state index < -0.39 is 0 Å². The van der Waals surface area contributed by atoms with Gasteiger partial charge in [0.25, 0.3) is 5.91 Å². The van der Waals surface area contributed by atoms with Crippen LogP contribution in [0.5, 0.6) is 17.2 Å². The molecule has 0 aliphatic heterocycles. The summed E-state index contributed by atoms with van der Waals surface area (Å²) in [6.07, 6.45) is 1.81. The van der Waals surface area contributed by atoms with Crippen LogP contribution in [0, 0.1) is 6.92 Å². The lowest BCUT2D eigenvalue weighted by molar-refractivity contribution is -0.111. The van der Waals surface area contributed by atoms with Gasteiger partial charge in [0, 0.05) is 5.57 Å². The number of aryl methyl sites for hydroxylation is 1. The van der Waals surface area contributed by atoms with Crippen molar-refractivity contribution in [1.82, 2.24) is 4.98 Å². The number of hydrogen-bond donors (Lipinski definition) is 1. The minimum absolute atomic E-state index is 0.271. The molecule has 0 saturated carbocycles. The maximum Gasteiger partial charge on any atom is 0.258 e. The SMILES string of the molecule is COc1cc(C=C(C(=O)Nc2nc3ccc(C)cc3s2)c2ccc(-c3ccccc3)cc2)cc(OC)c1OC. The van der Waals surface area contributed by atoms with Crippen LogP contribution in [0.2, 0.25) is 0 Å². The normalized spacial score (nSPS) is 11.3. The number of nitrogens with one attached hydrogen (secondary N) is 1. The van der Waals surface area contributed by atoms with E-state index in [1.807, 2.05) is 79.7 Å². The molecule has 0 bridgehead atoms. The largest absolute Gasteiger partial charge is 0.493 e. The van der Waals surface area contributed by atoms with Crippen molar-refractivity contribution in [2.24, 2.45) is 0 Å². The zero-order valence-electron chi connectivity index (χ0n) is 22.1. The lowest BCUT2D eigenvalue weighted by Gasteiger charge is -2.14. The van der Waals surface area contributed by atoms with Crippen molar-refractivity contribution in [3.05, 3.63) is 102 Å². The first-order valence-electron chi connectivity index (χ1n) is 12.3. The van der Waals surface area contributed by atoms with Gasteiger partial charge in [0.2, 0.25) is 5.75 Å². The number of carbonyl (C=O) groups is 1. The predicted octanol–water partition coefficient (Wildman–Crippen LogP) is 7.48. The molecule has 39 heavy (non-hydrogen) atoms. The van der Waals surface area contributed by atoms with Gasteiger partial charge in [-0.25, -0.2) is 4.98 Å². The molecule has 0 atom stereocenters. The van der Waals surface area contributed by atoms with Crippen molar-refractivity contribution < 1.29 is 19.0 Å². The first-order chi connectivity index (χ1) is 19.0. The van der Waals surface area contributed by atoms with Gasteiger partial charge in [-0.1, -0.05) is 72.0 Å². The van der Waals surface area contributed by atoms with E-state index >= 15 is 0 Å². The highest BCUT2D eigenvalue weighted by molar-refractivity contribution is 7.22. The smallest absolute Gasteiger partial charge is 0.258 e. The van der Waals surface area contributed by atoms with Gasteiger partial charge in [-0.15, -0.1) is 0 Å². The Bertz CT molecular complexity index is 1630. The molecule has 196 valence electrons. The van der Waals surface area contributed by atoms with Crippen molar-refractivity contribution in [3.63, 3.8) is 0 Å². The van der Waals surface area contributed by atoms with Gasteiger partial charge in [0.15, 0.2) is 16.6 Å². The number of thiazole rings is 1. The first kappa shape index (κ1) is 26.0. The van der Waals surface area contributed by atoms with E-state index in [-0.39, 0.29) is 5.91 Å². The lowest BCUT2D eigenvalue weighted by Crippen LogP contribution is -2.13. The molecule has 6 nitrogen and oxygen atoms in total. The third-order valence-electron chi connectivity index (χ3n) is 6.31. The van der Waals surface area contributed by atoms with Crippen LogP contribution in [0.15, 0.2) is 84.9 Å². The number of nitrogens with zero attached hydrogens (tertiary/aromatic N) is 1. The number of carbonyl (C=O) groups excluding carboxylic acids is 1. The number of ether oxygens (including phenoxy) is 3. The molecule has 0 spiro atoms. The van der Waals surface area contributed by atoms with Crippen LogP contribution in [0.4, 0.5) is 5.13 Å². The van der Waals surface area contributed by atoms with Crippen molar-refractivity contribution in [3.8, 4) is 28.4 Å². The molecule has 0 unspecified atom stereocenters. The molecule has 1 heterocycles. The lowest BCUT2D eigenvalue weighted by atomic mass is 9.98. The van der Waals surface area contributed by atoms with Crippen molar-refractivity contribution in [2.45, 2.75) is 6.92 Å². The molecule has 0 radical (unpaired) electrons. The summed E-state index contributed by atoms with van der Waals surface area (Å²) in [6.45, 7) is 2.04. The third kappa shape index (κ3) is 5.63. The summed E-state index contributed by atoms with van der Waals surface area (Å²) in [5, 5.41) is 3.55. The summed E-state index contributed by atoms with van der Waals surface area (Å²) < 4.78 is 17.5. The molecule has 0 aliphatic rings. The number of amides is 1. The Morgan fingerprint density at radius 1 is 0.821 bits per heavy atom. The van der Waals surface area contributed by atoms with Gasteiger partial charge in [-0.3, -0.25) is 10.1 Å². The summed E-state index contributed by atoms with van der Waals surface area (Å²) in [5.41, 5.74) is 6.12. The van der Waals surface area contributed by atoms with Gasteiger partial charge >= 0.3 is 0 Å². The molecular formula is C32H28N2O4S. The summed E-state index contributed by atoms with van der Waals surface area (Å²) >= 11 is 1.45. The van der Waals surface area contributed by atoms with Crippen LogP contribution in [0.1, 0.15) is 16.7 Å². The first-order valence-corrected chi connectivity index (χ1v) is 13.2. The number of benzene rings is 4. The number of rotatable bonds is 8. The van der Waals surface area contributed by atoms with Gasteiger partial charge < -0.3 is 14.2 Å². The van der Waals surface area contributed by atoms with Gasteiger partial charge in [-0.05, 0) is 65.1 Å². The molecule has 0 saturated heterocycles. The molecule has 0 fully saturated rings. The Hall–Kier alpha value is -4.62. The predicted molar refractivity (Wildman–Crippen MR) is 159 cm³/mol. The highest BCUT2D eigenvalue weighted by Gasteiger charge is 2.18. The van der Waals surface area contributed by atoms with E-state index in [9.17, 15) is 4.79 Å². The molecule has 1 amide bonds. The number of fused-ring (bicyclic) bond motifs is 1. The van der Waals surface area contributed by atoms with Crippen LogP contribution in [0.25, 0.3) is 33.0 Å². The monoisotopic (exact) mass is 536 g/mol. The van der Waals surface area contributed by atoms with Crippen molar-refractivity contribution in [1.29, 1.82) is 0 Å². The Morgan fingerprint density at radius 2 is 1.49 bits per heavy atom. The molecule has 7 heteroatoms. The molecular weight excluding hydrogens is 508 g/mol. The number of hydrogen-bond acceptors (Lipinski definition) is 6. The van der Waals surface area contributed by atoms with Crippen molar-refractivity contribution >= 4 is 44.2 Å². The highest BCUT2D eigenvalue weighted by Crippen LogP contribution is 2.39. The standard InChI is InChI=1S/C32H28N2O4S/c1-20-10-15-26-29(16-20)39-32(33-26)34-31(35)25(17-21-18-27(36-2)30(38-4)28(19-21)37-3)24-13-11-23(12-14-24)22-8-6-5-7-9-22/h5-19H,1-4H3,(H,33,34,35). The van der Waals surface area contributed by atoms with E-state index in [0.29, 0.717) is 28.0 Å². The fourth-order valence-electron chi connectivity index (χ4n) is 4.35. The Kier molecular flexibility index (Phi) is 7.61. The summed E-state index contributed by atoms with van der Waals surface area (Å²) in [5.74, 6) is 1.22. The Labute approximate surface area is 231 Å². The fraction of sp³-hybridized carbons (Fsp3) is 0.125. The van der Waals surface area contributed by atoms with Crippen LogP contribution < -0.4 is 19.5 Å². The van der Waals surface area contributed by atoms with Gasteiger partial charge in [-0.2, -0.15) is 0 Å². The van der Waals surface area contributed by atoms with E-state index in [4.69, 9.17) is 14.2 Å². The van der Waals surface area contributed by atoms with E-state index in [1.54, 1.807) is 21.3 Å². The summed E-state index contributed by atoms with van der Waals surface area (Å²) in [6, 6.07) is 27.7. The highest BCUT2D eigenvalue weighted by atomic mass is 32.1. The van der Waals surface area contributed by atoms with Crippen LogP contribution in [0.3, 0.4) is 0 Å². The molecule has 1 N–H and O–H groups in total. The second-order valence-corrected chi connectivity index (χ2v) is 9.94. The number of methoxy groups -OCH3 is 3. The second kappa shape index (κ2) is 11.4. The van der Waals surface area contributed by atoms with Crippen LogP contribution in [-0.2, 0) is 4.79 Å². The van der Waals surface area contributed by atoms with Gasteiger partial charge in [0.1, 0.15) is 0 Å². The maximum absolute atomic E-state index is 13.7. The zero-order valence-corrected chi connectivity index (χ0v) is 23.0. The quantitative estimate of drug-likeness (QED) is 0.164. The second-order valence-electron chi connectivity index (χ2n) is 8.90. The zero-order chi connectivity index (χ0) is 27.4. The third-order valence-corrected chi connectivity index (χ3v) is 7.24. The Morgan fingerprint density at radius 3 is 2.13 bits per heavy atom. The fourth-order valence-corrected chi connectivity index (χ4v) is 5.31. The van der Waals surface area contributed by atoms with Gasteiger partial charge in [0.05, 0.1) is 31.5 Å². The minimum Gasteiger partial charge on any atom is -0.493 e.